The van der Waals surface area contributed by atoms with Gasteiger partial charge in [-0.2, -0.15) is 0 Å². The molecular formula is C17H30N4. The van der Waals surface area contributed by atoms with Gasteiger partial charge in [-0.1, -0.05) is 27.7 Å². The predicted molar refractivity (Wildman–Crippen MR) is 90.0 cm³/mol. The second-order valence-electron chi connectivity index (χ2n) is 6.11. The summed E-state index contributed by atoms with van der Waals surface area (Å²) in [7, 11) is 0. The molecule has 2 rings (SSSR count). The first kappa shape index (κ1) is 16.2. The molecule has 2 heterocycles. The number of hydrogen-bond acceptors (Lipinski definition) is 4. The summed E-state index contributed by atoms with van der Waals surface area (Å²) in [5.41, 5.74) is 2.56. The van der Waals surface area contributed by atoms with Crippen LogP contribution in [0.15, 0.2) is 12.1 Å². The Bertz CT molecular complexity index is 436. The number of pyridine rings is 1. The van der Waals surface area contributed by atoms with Crippen molar-refractivity contribution in [3.05, 3.63) is 23.4 Å². The van der Waals surface area contributed by atoms with E-state index in [9.17, 15) is 0 Å². The van der Waals surface area contributed by atoms with Crippen molar-refractivity contribution in [1.82, 2.24) is 15.2 Å². The predicted octanol–water partition coefficient (Wildman–Crippen LogP) is 2.46. The molecule has 0 radical (unpaired) electrons. The minimum atomic E-state index is 0.474. The summed E-state index contributed by atoms with van der Waals surface area (Å²) in [6.07, 6.45) is 0. The van der Waals surface area contributed by atoms with Crippen LogP contribution in [-0.2, 0) is 6.54 Å². The Labute approximate surface area is 129 Å². The summed E-state index contributed by atoms with van der Waals surface area (Å²) in [6.45, 7) is 16.4. The van der Waals surface area contributed by atoms with Gasteiger partial charge in [0, 0.05) is 38.4 Å². The van der Waals surface area contributed by atoms with Gasteiger partial charge in [-0.25, -0.2) is 4.98 Å². The molecule has 1 N–H and O–H groups in total. The van der Waals surface area contributed by atoms with E-state index in [1.807, 2.05) is 0 Å². The van der Waals surface area contributed by atoms with E-state index in [1.165, 1.54) is 11.3 Å². The van der Waals surface area contributed by atoms with E-state index < -0.39 is 0 Å². The van der Waals surface area contributed by atoms with E-state index >= 15 is 0 Å². The summed E-state index contributed by atoms with van der Waals surface area (Å²) in [4.78, 5) is 9.84. The van der Waals surface area contributed by atoms with Gasteiger partial charge in [0.25, 0.3) is 0 Å². The van der Waals surface area contributed by atoms with Crippen LogP contribution in [0.3, 0.4) is 0 Å². The minimum absolute atomic E-state index is 0.474. The second kappa shape index (κ2) is 7.76. The van der Waals surface area contributed by atoms with Crippen molar-refractivity contribution in [2.75, 3.05) is 44.2 Å². The Morgan fingerprint density at radius 2 is 1.86 bits per heavy atom. The molecule has 1 fully saturated rings. The first-order valence-electron chi connectivity index (χ1n) is 8.32. The Morgan fingerprint density at radius 1 is 1.14 bits per heavy atom. The highest BCUT2D eigenvalue weighted by Crippen LogP contribution is 2.21. The van der Waals surface area contributed by atoms with Gasteiger partial charge < -0.3 is 15.1 Å². The molecule has 4 nitrogen and oxygen atoms in total. The second-order valence-corrected chi connectivity index (χ2v) is 6.11. The highest BCUT2D eigenvalue weighted by Gasteiger charge is 2.18. The number of hydrogen-bond donors (Lipinski definition) is 1. The van der Waals surface area contributed by atoms with Gasteiger partial charge >= 0.3 is 0 Å². The monoisotopic (exact) mass is 290 g/mol. The van der Waals surface area contributed by atoms with E-state index in [0.29, 0.717) is 5.92 Å². The average molecular weight is 290 g/mol. The van der Waals surface area contributed by atoms with Gasteiger partial charge in [0.05, 0.1) is 0 Å². The molecule has 0 bridgehead atoms. The lowest BCUT2D eigenvalue weighted by Crippen LogP contribution is -2.46. The minimum Gasteiger partial charge on any atom is -0.354 e. The number of anilines is 1. The molecule has 1 aliphatic rings. The van der Waals surface area contributed by atoms with Crippen LogP contribution < -0.4 is 10.2 Å². The van der Waals surface area contributed by atoms with Gasteiger partial charge in [0.2, 0.25) is 0 Å². The van der Waals surface area contributed by atoms with Crippen molar-refractivity contribution >= 4 is 5.82 Å². The number of likely N-dealkylation sites (N-methyl/N-ethyl adjacent to an activating group) is 1. The van der Waals surface area contributed by atoms with Gasteiger partial charge in [-0.3, -0.25) is 0 Å². The van der Waals surface area contributed by atoms with E-state index in [0.717, 1.165) is 51.6 Å². The Hall–Kier alpha value is -1.13. The molecule has 0 unspecified atom stereocenters. The molecular weight excluding hydrogens is 260 g/mol. The van der Waals surface area contributed by atoms with Gasteiger partial charge in [0.15, 0.2) is 0 Å². The Balaban J connectivity index is 2.15. The molecule has 4 heteroatoms. The zero-order valence-electron chi connectivity index (χ0n) is 14.0. The maximum Gasteiger partial charge on any atom is 0.129 e. The molecule has 1 aliphatic heterocycles. The van der Waals surface area contributed by atoms with Gasteiger partial charge in [0.1, 0.15) is 5.82 Å². The summed E-state index contributed by atoms with van der Waals surface area (Å²) in [5, 5.41) is 3.42. The molecule has 0 aliphatic carbocycles. The van der Waals surface area contributed by atoms with Crippen LogP contribution in [0.1, 0.15) is 44.9 Å². The van der Waals surface area contributed by atoms with Gasteiger partial charge in [-0.15, -0.1) is 0 Å². The zero-order chi connectivity index (χ0) is 15.2. The first-order valence-corrected chi connectivity index (χ1v) is 8.32. The van der Waals surface area contributed by atoms with Crippen LogP contribution in [0, 0.1) is 0 Å². The van der Waals surface area contributed by atoms with E-state index in [4.69, 9.17) is 4.98 Å². The van der Waals surface area contributed by atoms with Crippen molar-refractivity contribution in [3.8, 4) is 0 Å². The van der Waals surface area contributed by atoms with Crippen LogP contribution in [0.25, 0.3) is 0 Å². The normalized spacial score (nSPS) is 16.7. The third-order valence-electron chi connectivity index (χ3n) is 4.21. The molecule has 1 aromatic rings. The van der Waals surface area contributed by atoms with Crippen molar-refractivity contribution in [2.45, 2.75) is 40.2 Å². The lowest BCUT2D eigenvalue weighted by Gasteiger charge is -2.35. The Morgan fingerprint density at radius 3 is 2.43 bits per heavy atom. The first-order chi connectivity index (χ1) is 10.1. The summed E-state index contributed by atoms with van der Waals surface area (Å²) >= 11 is 0. The van der Waals surface area contributed by atoms with Crippen LogP contribution in [0.5, 0.6) is 0 Å². The molecule has 118 valence electrons. The maximum atomic E-state index is 4.90. The number of piperazine rings is 1. The van der Waals surface area contributed by atoms with E-state index in [2.05, 4.69) is 54.9 Å². The highest BCUT2D eigenvalue weighted by molar-refractivity contribution is 5.44. The largest absolute Gasteiger partial charge is 0.354 e. The fourth-order valence-electron chi connectivity index (χ4n) is 2.72. The SMILES string of the molecule is CCNCc1cc(C(C)C)nc(N2CCN(CC)CC2)c1. The molecule has 0 atom stereocenters. The topological polar surface area (TPSA) is 31.4 Å². The molecule has 21 heavy (non-hydrogen) atoms. The molecule has 0 amide bonds. The summed E-state index contributed by atoms with van der Waals surface area (Å²) < 4.78 is 0. The van der Waals surface area contributed by atoms with Crippen LogP contribution in [0.2, 0.25) is 0 Å². The quantitative estimate of drug-likeness (QED) is 0.872. The van der Waals surface area contributed by atoms with Crippen LogP contribution in [0.4, 0.5) is 5.82 Å². The van der Waals surface area contributed by atoms with E-state index in [-0.39, 0.29) is 0 Å². The van der Waals surface area contributed by atoms with Crippen molar-refractivity contribution in [3.63, 3.8) is 0 Å². The lowest BCUT2D eigenvalue weighted by molar-refractivity contribution is 0.270. The Kier molecular flexibility index (Phi) is 6.00. The molecule has 0 spiro atoms. The van der Waals surface area contributed by atoms with Crippen LogP contribution >= 0.6 is 0 Å². The van der Waals surface area contributed by atoms with Crippen molar-refractivity contribution in [2.24, 2.45) is 0 Å². The number of rotatable bonds is 6. The zero-order valence-corrected chi connectivity index (χ0v) is 14.0. The maximum absolute atomic E-state index is 4.90. The number of nitrogens with one attached hydrogen (secondary N) is 1. The molecule has 1 saturated heterocycles. The van der Waals surface area contributed by atoms with Gasteiger partial charge in [-0.05, 0) is 36.7 Å². The smallest absolute Gasteiger partial charge is 0.129 e. The molecule has 0 aromatic carbocycles. The molecule has 1 aromatic heterocycles. The fraction of sp³-hybridized carbons (Fsp3) is 0.706. The fourth-order valence-corrected chi connectivity index (χ4v) is 2.72. The highest BCUT2D eigenvalue weighted by atomic mass is 15.3. The lowest BCUT2D eigenvalue weighted by atomic mass is 10.1. The summed E-state index contributed by atoms with van der Waals surface area (Å²) in [6, 6.07) is 4.51. The average Bonchev–Trinajstić information content (AvgIpc) is 2.52. The number of aromatic nitrogens is 1. The van der Waals surface area contributed by atoms with Crippen molar-refractivity contribution in [1.29, 1.82) is 0 Å². The number of nitrogens with zero attached hydrogens (tertiary/aromatic N) is 3. The third kappa shape index (κ3) is 4.42. The van der Waals surface area contributed by atoms with Crippen LogP contribution in [-0.4, -0.2) is 49.2 Å². The molecule has 0 saturated carbocycles. The summed E-state index contributed by atoms with van der Waals surface area (Å²) in [5.74, 6) is 1.63. The van der Waals surface area contributed by atoms with Crippen molar-refractivity contribution < 1.29 is 0 Å². The standard InChI is InChI=1S/C17H30N4/c1-5-18-13-15-11-16(14(3)4)19-17(12-15)21-9-7-20(6-2)8-10-21/h11-12,14,18H,5-10,13H2,1-4H3. The third-order valence-corrected chi connectivity index (χ3v) is 4.21. The van der Waals surface area contributed by atoms with E-state index in [1.54, 1.807) is 0 Å².